The van der Waals surface area contributed by atoms with Crippen molar-refractivity contribution in [2.24, 2.45) is 21.7 Å². The molecule has 0 radical (unpaired) electrons. The Morgan fingerprint density at radius 1 is 0.661 bits per heavy atom. The summed E-state index contributed by atoms with van der Waals surface area (Å²) in [6, 6.07) is -1.38. The van der Waals surface area contributed by atoms with Crippen molar-refractivity contribution in [3.05, 3.63) is 0 Å². The highest BCUT2D eigenvalue weighted by atomic mass is 16.5. The number of ether oxygens (including phenoxy) is 2. The molecule has 0 aliphatic carbocycles. The summed E-state index contributed by atoms with van der Waals surface area (Å²) in [5, 5.41) is 43.1. The first-order valence-corrected chi connectivity index (χ1v) is 20.5. The molecular formula is C41H76N6O12. The Hall–Kier alpha value is -3.87. The zero-order valence-corrected chi connectivity index (χ0v) is 37.7. The maximum Gasteiger partial charge on any atom is 0.326 e. The lowest BCUT2D eigenvalue weighted by atomic mass is 9.72. The second kappa shape index (κ2) is 25.7. The van der Waals surface area contributed by atoms with Crippen LogP contribution < -0.4 is 26.6 Å². The summed E-state index contributed by atoms with van der Waals surface area (Å²) in [6.45, 7) is 21.9. The van der Waals surface area contributed by atoms with Crippen LogP contribution in [0.4, 0.5) is 0 Å². The number of amides is 5. The third kappa shape index (κ3) is 24.1. The maximum atomic E-state index is 13.0. The summed E-state index contributed by atoms with van der Waals surface area (Å²) in [5.74, 6) is -4.04. The van der Waals surface area contributed by atoms with Crippen LogP contribution in [0.1, 0.15) is 122 Å². The molecule has 0 spiro atoms. The summed E-state index contributed by atoms with van der Waals surface area (Å²) in [5.41, 5.74) is -3.47. The molecular weight excluding hydrogens is 768 g/mol. The van der Waals surface area contributed by atoms with Crippen LogP contribution in [0.5, 0.6) is 0 Å². The van der Waals surface area contributed by atoms with E-state index in [4.69, 9.17) is 9.47 Å². The molecule has 0 aromatic heterocycles. The van der Waals surface area contributed by atoms with Crippen molar-refractivity contribution in [2.75, 3.05) is 52.6 Å². The third-order valence-electron chi connectivity index (χ3n) is 9.51. The Labute approximate surface area is 351 Å². The van der Waals surface area contributed by atoms with Crippen LogP contribution in [0.2, 0.25) is 0 Å². The van der Waals surface area contributed by atoms with Gasteiger partial charge in [-0.3, -0.25) is 34.1 Å². The smallest absolute Gasteiger partial charge is 0.326 e. The second-order valence-corrected chi connectivity index (χ2v) is 18.5. The Kier molecular flexibility index (Phi) is 24.0. The predicted molar refractivity (Wildman–Crippen MR) is 222 cm³/mol. The van der Waals surface area contributed by atoms with Gasteiger partial charge in [-0.05, 0) is 58.8 Å². The number of aliphatic carboxylic acids is 2. The van der Waals surface area contributed by atoms with Gasteiger partial charge in [0.25, 0.3) is 0 Å². The molecule has 0 aromatic carbocycles. The molecule has 0 aliphatic rings. The Bertz CT molecular complexity index is 1380. The minimum Gasteiger partial charge on any atom is -0.481 e. The van der Waals surface area contributed by atoms with Gasteiger partial charge in [-0.25, -0.2) is 4.79 Å². The van der Waals surface area contributed by atoms with Crippen molar-refractivity contribution in [3.63, 3.8) is 0 Å². The number of aliphatic hydroxyl groups is 1. The van der Waals surface area contributed by atoms with Crippen LogP contribution >= 0.6 is 0 Å². The number of carbonyl (C=O) groups is 7. The first-order valence-electron chi connectivity index (χ1n) is 20.5. The van der Waals surface area contributed by atoms with Crippen molar-refractivity contribution in [3.8, 4) is 0 Å². The van der Waals surface area contributed by atoms with E-state index in [1.54, 1.807) is 55.4 Å². The van der Waals surface area contributed by atoms with Gasteiger partial charge in [-0.1, -0.05) is 55.4 Å². The summed E-state index contributed by atoms with van der Waals surface area (Å²) in [7, 11) is 0. The van der Waals surface area contributed by atoms with E-state index < -0.39 is 51.8 Å². The number of nitrogens with one attached hydrogen (secondary N) is 5. The topological polar surface area (TPSA) is 262 Å². The number of carboxylic acid groups (broad SMARTS) is 2. The van der Waals surface area contributed by atoms with Gasteiger partial charge in [0.1, 0.15) is 12.3 Å². The van der Waals surface area contributed by atoms with Crippen LogP contribution in [0, 0.1) is 21.7 Å². The molecule has 1 unspecified atom stereocenters. The van der Waals surface area contributed by atoms with E-state index >= 15 is 0 Å². The Balaban J connectivity index is 4.63. The fourth-order valence-electron chi connectivity index (χ4n) is 6.34. The zero-order valence-electron chi connectivity index (χ0n) is 37.7. The molecule has 18 nitrogen and oxygen atoms in total. The minimum atomic E-state index is -1.23. The predicted octanol–water partition coefficient (Wildman–Crippen LogP) is 2.02. The maximum absolute atomic E-state index is 13.0. The van der Waals surface area contributed by atoms with Gasteiger partial charge >= 0.3 is 11.9 Å². The average Bonchev–Trinajstić information content (AvgIpc) is 3.06. The molecule has 0 bridgehead atoms. The highest BCUT2D eigenvalue weighted by Gasteiger charge is 2.38. The van der Waals surface area contributed by atoms with Crippen LogP contribution in [0.25, 0.3) is 0 Å². The summed E-state index contributed by atoms with van der Waals surface area (Å²) in [6.07, 6.45) is -0.433. The fourth-order valence-corrected chi connectivity index (χ4v) is 6.34. The highest BCUT2D eigenvalue weighted by molar-refractivity contribution is 5.88. The number of hydrogen-bond donors (Lipinski definition) is 8. The van der Waals surface area contributed by atoms with E-state index in [1.807, 2.05) is 27.7 Å². The van der Waals surface area contributed by atoms with E-state index in [0.29, 0.717) is 6.42 Å². The number of rotatable bonds is 31. The number of nitrogens with zero attached hydrogens (tertiary/aromatic N) is 1. The third-order valence-corrected chi connectivity index (χ3v) is 9.51. The molecule has 18 heteroatoms. The molecule has 0 saturated heterocycles. The van der Waals surface area contributed by atoms with E-state index in [-0.39, 0.29) is 120 Å². The van der Waals surface area contributed by atoms with Gasteiger partial charge in [0.15, 0.2) is 0 Å². The Morgan fingerprint density at radius 2 is 1.20 bits per heavy atom. The molecule has 59 heavy (non-hydrogen) atoms. The molecule has 0 saturated carbocycles. The lowest BCUT2D eigenvalue weighted by Crippen LogP contribution is -2.50. The molecule has 342 valence electrons. The SMILES string of the molecule is CC(C)NC(=O)CN(CC(O)NC(C)C)C(=O)CCNC(=O)C(C)(C)CCOCCOCCNC(=O)C(C)(C)CC[C@H](NC(=O)C(C)(C)CC(C)(C)CC(=O)O)C(=O)O. The van der Waals surface area contributed by atoms with Gasteiger partial charge in [0.05, 0.1) is 39.3 Å². The lowest BCUT2D eigenvalue weighted by molar-refractivity contribution is -0.145. The summed E-state index contributed by atoms with van der Waals surface area (Å²) >= 11 is 0. The molecule has 0 aliphatic heterocycles. The zero-order chi connectivity index (χ0) is 45.8. The van der Waals surface area contributed by atoms with Gasteiger partial charge in [0, 0.05) is 54.4 Å². The average molecular weight is 845 g/mol. The van der Waals surface area contributed by atoms with Crippen molar-refractivity contribution >= 4 is 41.5 Å². The first-order chi connectivity index (χ1) is 27.0. The minimum absolute atomic E-state index is 0.00328. The van der Waals surface area contributed by atoms with E-state index in [0.717, 1.165) is 0 Å². The van der Waals surface area contributed by atoms with Crippen LogP contribution in [0.15, 0.2) is 0 Å². The van der Waals surface area contributed by atoms with E-state index in [2.05, 4.69) is 26.6 Å². The molecule has 5 amide bonds. The highest BCUT2D eigenvalue weighted by Crippen LogP contribution is 2.36. The molecule has 0 aromatic rings. The van der Waals surface area contributed by atoms with Gasteiger partial charge in [-0.2, -0.15) is 0 Å². The van der Waals surface area contributed by atoms with Gasteiger partial charge < -0.3 is 51.0 Å². The molecule has 8 N–H and O–H groups in total. The number of aliphatic hydroxyl groups excluding tert-OH is 1. The van der Waals surface area contributed by atoms with E-state index in [9.17, 15) is 48.9 Å². The fraction of sp³-hybridized carbons (Fsp3) is 0.829. The van der Waals surface area contributed by atoms with Crippen LogP contribution in [-0.2, 0) is 43.0 Å². The summed E-state index contributed by atoms with van der Waals surface area (Å²) in [4.78, 5) is 88.7. The molecule has 0 rings (SSSR count). The molecule has 2 atom stereocenters. The van der Waals surface area contributed by atoms with Crippen LogP contribution in [-0.4, -0.2) is 139 Å². The number of carbonyl (C=O) groups excluding carboxylic acids is 5. The second-order valence-electron chi connectivity index (χ2n) is 18.5. The van der Waals surface area contributed by atoms with Gasteiger partial charge in [-0.15, -0.1) is 0 Å². The van der Waals surface area contributed by atoms with Crippen molar-refractivity contribution < 1.29 is 58.4 Å². The van der Waals surface area contributed by atoms with Crippen molar-refractivity contribution in [1.82, 2.24) is 31.5 Å². The lowest BCUT2D eigenvalue weighted by Gasteiger charge is -2.34. The summed E-state index contributed by atoms with van der Waals surface area (Å²) < 4.78 is 11.2. The largest absolute Gasteiger partial charge is 0.481 e. The number of hydrogen-bond acceptors (Lipinski definition) is 11. The quantitative estimate of drug-likeness (QED) is 0.0368. The molecule has 0 fully saturated rings. The van der Waals surface area contributed by atoms with E-state index in [1.165, 1.54) is 4.90 Å². The van der Waals surface area contributed by atoms with Crippen LogP contribution in [0.3, 0.4) is 0 Å². The molecule has 0 heterocycles. The standard InChI is InChI=1S/C41H76N6O12/c1-27(2)44-30(48)24-47(25-31(49)45-28(3)4)32(50)14-17-42-36(56)40(9,10)16-19-58-21-22-59-20-18-43-35(55)39(7,8)15-13-29(34(53)54)46-37(57)41(11,12)26-38(5,6)23-33(51)52/h27-30,44,48H,13-26H2,1-12H3,(H,42,56)(H,43,55)(H,45,49)(H,46,57)(H,51,52)(H,53,54)/t29-,30?/m0/s1. The first kappa shape index (κ1) is 55.1. The Morgan fingerprint density at radius 3 is 1.73 bits per heavy atom. The van der Waals surface area contributed by atoms with Crippen molar-refractivity contribution in [2.45, 2.75) is 146 Å². The normalized spacial score (nSPS) is 13.4. The number of carboxylic acids is 2. The van der Waals surface area contributed by atoms with Gasteiger partial charge in [0.2, 0.25) is 29.5 Å². The van der Waals surface area contributed by atoms with Crippen molar-refractivity contribution in [1.29, 1.82) is 0 Å². The monoisotopic (exact) mass is 845 g/mol.